The van der Waals surface area contributed by atoms with Gasteiger partial charge in [0.05, 0.1) is 12.5 Å². The van der Waals surface area contributed by atoms with E-state index in [0.717, 1.165) is 4.88 Å². The molecule has 0 aliphatic carbocycles. The molecule has 0 fully saturated rings. The van der Waals surface area contributed by atoms with Crippen molar-refractivity contribution in [3.63, 3.8) is 0 Å². The molecule has 2 unspecified atom stereocenters. The Hall–Kier alpha value is -1.79. The van der Waals surface area contributed by atoms with E-state index in [2.05, 4.69) is 5.32 Å². The standard InChI is InChI=1S/C15H15F2NO2S/c1-9(15-10(16)4-2-5-11(15)17)18-12(8-14(19)20)13-6-3-7-21-13/h2-7,9,12,18H,8H2,1H3,(H,19,20). The van der Waals surface area contributed by atoms with Gasteiger partial charge in [-0.25, -0.2) is 8.78 Å². The molecule has 0 bridgehead atoms. The number of hydrogen-bond acceptors (Lipinski definition) is 3. The lowest BCUT2D eigenvalue weighted by Crippen LogP contribution is -2.27. The van der Waals surface area contributed by atoms with Crippen LogP contribution >= 0.6 is 11.3 Å². The van der Waals surface area contributed by atoms with Gasteiger partial charge in [-0.2, -0.15) is 0 Å². The Kier molecular flexibility index (Phi) is 5.03. The highest BCUT2D eigenvalue weighted by Gasteiger charge is 2.22. The number of nitrogens with one attached hydrogen (secondary N) is 1. The van der Waals surface area contributed by atoms with Crippen molar-refractivity contribution in [3.8, 4) is 0 Å². The lowest BCUT2D eigenvalue weighted by atomic mass is 10.0. The van der Waals surface area contributed by atoms with E-state index in [1.165, 1.54) is 29.5 Å². The largest absolute Gasteiger partial charge is 0.481 e. The minimum atomic E-state index is -0.970. The molecule has 0 saturated carbocycles. The van der Waals surface area contributed by atoms with E-state index in [-0.39, 0.29) is 12.0 Å². The summed E-state index contributed by atoms with van der Waals surface area (Å²) in [5.41, 5.74) is -0.0792. The zero-order valence-corrected chi connectivity index (χ0v) is 12.2. The molecular weight excluding hydrogens is 296 g/mol. The number of carboxylic acid groups (broad SMARTS) is 1. The maximum absolute atomic E-state index is 13.8. The highest BCUT2D eigenvalue weighted by molar-refractivity contribution is 7.10. The molecule has 0 spiro atoms. The summed E-state index contributed by atoms with van der Waals surface area (Å²) in [5, 5.41) is 13.8. The molecule has 6 heteroatoms. The second-order valence-electron chi connectivity index (χ2n) is 4.69. The molecule has 3 nitrogen and oxygen atoms in total. The van der Waals surface area contributed by atoms with Crippen molar-refractivity contribution in [1.82, 2.24) is 5.32 Å². The van der Waals surface area contributed by atoms with Gasteiger partial charge in [-0.1, -0.05) is 12.1 Å². The van der Waals surface area contributed by atoms with Crippen molar-refractivity contribution < 1.29 is 18.7 Å². The predicted octanol–water partition coefficient (Wildman–Crippen LogP) is 3.89. The smallest absolute Gasteiger partial charge is 0.305 e. The maximum Gasteiger partial charge on any atom is 0.305 e. The van der Waals surface area contributed by atoms with E-state index in [9.17, 15) is 13.6 Å². The Morgan fingerprint density at radius 2 is 1.95 bits per heavy atom. The normalized spacial score (nSPS) is 13.9. The van der Waals surface area contributed by atoms with Crippen molar-refractivity contribution in [2.24, 2.45) is 0 Å². The maximum atomic E-state index is 13.8. The van der Waals surface area contributed by atoms with Crippen LogP contribution in [0.3, 0.4) is 0 Å². The molecule has 2 rings (SSSR count). The Balaban J connectivity index is 2.22. The summed E-state index contributed by atoms with van der Waals surface area (Å²) in [6.07, 6.45) is -0.152. The average Bonchev–Trinajstić information content (AvgIpc) is 2.90. The van der Waals surface area contributed by atoms with Crippen molar-refractivity contribution in [2.45, 2.75) is 25.4 Å². The van der Waals surface area contributed by atoms with Crippen molar-refractivity contribution in [2.75, 3.05) is 0 Å². The quantitative estimate of drug-likeness (QED) is 0.851. The zero-order valence-electron chi connectivity index (χ0n) is 11.3. The number of thiophene rings is 1. The monoisotopic (exact) mass is 311 g/mol. The number of carboxylic acids is 1. The fourth-order valence-electron chi connectivity index (χ4n) is 2.22. The predicted molar refractivity (Wildman–Crippen MR) is 77.2 cm³/mol. The van der Waals surface area contributed by atoms with E-state index in [1.54, 1.807) is 13.0 Å². The fraction of sp³-hybridized carbons (Fsp3) is 0.267. The number of hydrogen-bond donors (Lipinski definition) is 2. The number of halogens is 2. The summed E-state index contributed by atoms with van der Waals surface area (Å²) in [5.74, 6) is -2.26. The molecule has 0 radical (unpaired) electrons. The Morgan fingerprint density at radius 3 is 2.48 bits per heavy atom. The van der Waals surface area contributed by atoms with Crippen molar-refractivity contribution >= 4 is 17.3 Å². The summed E-state index contributed by atoms with van der Waals surface area (Å²) in [6.45, 7) is 1.62. The molecule has 21 heavy (non-hydrogen) atoms. The summed E-state index contributed by atoms with van der Waals surface area (Å²) < 4.78 is 27.5. The van der Waals surface area contributed by atoms with Crippen LogP contribution in [0.15, 0.2) is 35.7 Å². The van der Waals surface area contributed by atoms with Crippen LogP contribution in [0.4, 0.5) is 8.78 Å². The van der Waals surface area contributed by atoms with E-state index >= 15 is 0 Å². The second kappa shape index (κ2) is 6.78. The van der Waals surface area contributed by atoms with Gasteiger partial charge in [-0.05, 0) is 30.5 Å². The Morgan fingerprint density at radius 1 is 1.29 bits per heavy atom. The highest BCUT2D eigenvalue weighted by Crippen LogP contribution is 2.27. The van der Waals surface area contributed by atoms with Gasteiger partial charge in [-0.15, -0.1) is 11.3 Å². The van der Waals surface area contributed by atoms with Crippen LogP contribution < -0.4 is 5.32 Å². The van der Waals surface area contributed by atoms with E-state index in [4.69, 9.17) is 5.11 Å². The number of benzene rings is 1. The summed E-state index contributed by atoms with van der Waals surface area (Å²) in [4.78, 5) is 11.8. The van der Waals surface area contributed by atoms with Crippen LogP contribution in [0.1, 0.15) is 35.9 Å². The topological polar surface area (TPSA) is 49.3 Å². The number of aliphatic carboxylic acids is 1. The van der Waals surface area contributed by atoms with Gasteiger partial charge >= 0.3 is 5.97 Å². The lowest BCUT2D eigenvalue weighted by Gasteiger charge is -2.22. The molecule has 0 amide bonds. The van der Waals surface area contributed by atoms with Crippen LogP contribution in [0.5, 0.6) is 0 Å². The first-order valence-corrected chi connectivity index (χ1v) is 7.32. The first kappa shape index (κ1) is 15.6. The van der Waals surface area contributed by atoms with Gasteiger partial charge in [0.2, 0.25) is 0 Å². The first-order chi connectivity index (χ1) is 9.99. The average molecular weight is 311 g/mol. The molecule has 0 saturated heterocycles. The van der Waals surface area contributed by atoms with Crippen LogP contribution in [0.25, 0.3) is 0 Å². The number of carbonyl (C=O) groups is 1. The van der Waals surface area contributed by atoms with Crippen LogP contribution in [-0.4, -0.2) is 11.1 Å². The molecule has 112 valence electrons. The number of rotatable bonds is 6. The third-order valence-corrected chi connectivity index (χ3v) is 4.14. The van der Waals surface area contributed by atoms with Crippen LogP contribution in [0, 0.1) is 11.6 Å². The van der Waals surface area contributed by atoms with E-state index in [0.29, 0.717) is 0 Å². The summed E-state index contributed by atoms with van der Waals surface area (Å²) >= 11 is 1.41. The van der Waals surface area contributed by atoms with Crippen LogP contribution in [-0.2, 0) is 4.79 Å². The summed E-state index contributed by atoms with van der Waals surface area (Å²) in [6, 6.07) is 6.16. The van der Waals surface area contributed by atoms with Gasteiger partial charge in [0.1, 0.15) is 11.6 Å². The molecule has 0 aliphatic rings. The van der Waals surface area contributed by atoms with Gasteiger partial charge in [0.25, 0.3) is 0 Å². The van der Waals surface area contributed by atoms with Crippen LogP contribution in [0.2, 0.25) is 0 Å². The molecule has 1 heterocycles. The van der Waals surface area contributed by atoms with Crippen molar-refractivity contribution in [3.05, 3.63) is 57.8 Å². The Labute approximate surface area is 125 Å². The SMILES string of the molecule is CC(NC(CC(=O)O)c1cccs1)c1c(F)cccc1F. The third kappa shape index (κ3) is 3.86. The molecule has 2 atom stereocenters. The van der Waals surface area contributed by atoms with E-state index < -0.39 is 29.7 Å². The van der Waals surface area contributed by atoms with E-state index in [1.807, 2.05) is 11.4 Å². The third-order valence-electron chi connectivity index (χ3n) is 3.15. The molecule has 1 aromatic heterocycles. The molecule has 2 aromatic rings. The van der Waals surface area contributed by atoms with Gasteiger partial charge < -0.3 is 10.4 Å². The zero-order chi connectivity index (χ0) is 15.4. The molecule has 1 aromatic carbocycles. The van der Waals surface area contributed by atoms with Crippen molar-refractivity contribution in [1.29, 1.82) is 0 Å². The fourth-order valence-corrected chi connectivity index (χ4v) is 3.00. The second-order valence-corrected chi connectivity index (χ2v) is 5.67. The van der Waals surface area contributed by atoms with Gasteiger partial charge in [0.15, 0.2) is 0 Å². The molecule has 0 aliphatic heterocycles. The summed E-state index contributed by atoms with van der Waals surface area (Å²) in [7, 11) is 0. The molecular formula is C15H15F2NO2S. The first-order valence-electron chi connectivity index (χ1n) is 6.44. The minimum absolute atomic E-state index is 0.0792. The molecule has 2 N–H and O–H groups in total. The highest BCUT2D eigenvalue weighted by atomic mass is 32.1. The van der Waals surface area contributed by atoms with Gasteiger partial charge in [0, 0.05) is 16.5 Å². The van der Waals surface area contributed by atoms with Gasteiger partial charge in [-0.3, -0.25) is 4.79 Å². The Bertz CT molecular complexity index is 596. The minimum Gasteiger partial charge on any atom is -0.481 e. The lowest BCUT2D eigenvalue weighted by molar-refractivity contribution is -0.137.